The van der Waals surface area contributed by atoms with Crippen LogP contribution in [0.1, 0.15) is 12.7 Å². The molecule has 1 unspecified atom stereocenters. The quantitative estimate of drug-likeness (QED) is 0.910. The van der Waals surface area contributed by atoms with Gasteiger partial charge in [0.15, 0.2) is 9.84 Å². The maximum Gasteiger partial charge on any atom is 0.317 e. The Hall–Kier alpha value is -2.02. The fourth-order valence-electron chi connectivity index (χ4n) is 2.87. The van der Waals surface area contributed by atoms with E-state index in [0.717, 1.165) is 11.0 Å². The first kappa shape index (κ1) is 15.9. The monoisotopic (exact) mass is 336 g/mol. The molecule has 0 radical (unpaired) electrons. The van der Waals surface area contributed by atoms with Gasteiger partial charge in [0.1, 0.15) is 11.3 Å². The number of hydrogen-bond acceptors (Lipinski definition) is 4. The fraction of sp³-hybridized carbons (Fsp3) is 0.438. The summed E-state index contributed by atoms with van der Waals surface area (Å²) in [6, 6.07) is 9.29. The SMILES string of the molecule is CC1CN(C(=O)NCc2cc3ccccc3o2)CCS(=O)(=O)C1. The van der Waals surface area contributed by atoms with Gasteiger partial charge in [0.05, 0.1) is 18.1 Å². The minimum atomic E-state index is -3.06. The number of amides is 2. The first-order valence-corrected chi connectivity index (χ1v) is 9.46. The average Bonchev–Trinajstić information content (AvgIpc) is 2.84. The zero-order valence-electron chi connectivity index (χ0n) is 13.0. The van der Waals surface area contributed by atoms with E-state index in [-0.39, 0.29) is 36.5 Å². The van der Waals surface area contributed by atoms with Crippen LogP contribution in [0.15, 0.2) is 34.7 Å². The van der Waals surface area contributed by atoms with E-state index in [1.807, 2.05) is 37.3 Å². The highest BCUT2D eigenvalue weighted by Crippen LogP contribution is 2.18. The number of para-hydroxylation sites is 1. The van der Waals surface area contributed by atoms with E-state index < -0.39 is 9.84 Å². The Bertz CT molecular complexity index is 779. The van der Waals surface area contributed by atoms with Crippen LogP contribution in [-0.2, 0) is 16.4 Å². The standard InChI is InChI=1S/C16H20N2O4S/c1-12-10-18(6-7-23(20,21)11-12)16(19)17-9-14-8-13-4-2-3-5-15(13)22-14/h2-5,8,12H,6-7,9-11H2,1H3,(H,17,19). The Balaban J connectivity index is 1.62. The van der Waals surface area contributed by atoms with Crippen molar-refractivity contribution in [2.75, 3.05) is 24.6 Å². The van der Waals surface area contributed by atoms with Gasteiger partial charge in [-0.25, -0.2) is 13.2 Å². The molecule has 3 rings (SSSR count). The van der Waals surface area contributed by atoms with Crippen molar-refractivity contribution >= 4 is 26.8 Å². The van der Waals surface area contributed by atoms with Crippen LogP contribution in [0, 0.1) is 5.92 Å². The van der Waals surface area contributed by atoms with Gasteiger partial charge in [0.25, 0.3) is 0 Å². The summed E-state index contributed by atoms with van der Waals surface area (Å²) in [5, 5.41) is 3.80. The largest absolute Gasteiger partial charge is 0.459 e. The van der Waals surface area contributed by atoms with Crippen LogP contribution in [0.25, 0.3) is 11.0 Å². The number of rotatable bonds is 2. The van der Waals surface area contributed by atoms with Crippen molar-refractivity contribution in [2.45, 2.75) is 13.5 Å². The Morgan fingerprint density at radius 1 is 1.39 bits per heavy atom. The molecule has 2 heterocycles. The number of sulfone groups is 1. The maximum atomic E-state index is 12.3. The summed E-state index contributed by atoms with van der Waals surface area (Å²) < 4.78 is 29.2. The van der Waals surface area contributed by atoms with Crippen molar-refractivity contribution in [3.63, 3.8) is 0 Å². The fourth-order valence-corrected chi connectivity index (χ4v) is 4.51. The molecular formula is C16H20N2O4S. The molecule has 0 aliphatic carbocycles. The highest BCUT2D eigenvalue weighted by Gasteiger charge is 2.26. The van der Waals surface area contributed by atoms with Crippen LogP contribution in [0.2, 0.25) is 0 Å². The van der Waals surface area contributed by atoms with Crippen LogP contribution < -0.4 is 5.32 Å². The van der Waals surface area contributed by atoms with Crippen molar-refractivity contribution in [1.29, 1.82) is 0 Å². The Morgan fingerprint density at radius 3 is 2.96 bits per heavy atom. The molecule has 23 heavy (non-hydrogen) atoms. The lowest BCUT2D eigenvalue weighted by atomic mass is 10.2. The van der Waals surface area contributed by atoms with E-state index in [1.165, 1.54) is 0 Å². The van der Waals surface area contributed by atoms with Gasteiger partial charge in [-0.05, 0) is 18.1 Å². The summed E-state index contributed by atoms with van der Waals surface area (Å²) in [6.45, 7) is 2.82. The van der Waals surface area contributed by atoms with Gasteiger partial charge < -0.3 is 14.6 Å². The summed E-state index contributed by atoms with van der Waals surface area (Å²) in [5.41, 5.74) is 0.784. The van der Waals surface area contributed by atoms with Gasteiger partial charge in [-0.3, -0.25) is 0 Å². The Kier molecular flexibility index (Phi) is 4.30. The minimum Gasteiger partial charge on any atom is -0.459 e. The number of carbonyl (C=O) groups excluding carboxylic acids is 1. The molecule has 1 fully saturated rings. The number of nitrogens with zero attached hydrogens (tertiary/aromatic N) is 1. The highest BCUT2D eigenvalue weighted by atomic mass is 32.2. The van der Waals surface area contributed by atoms with Gasteiger partial charge >= 0.3 is 6.03 Å². The Labute approximate surface area is 135 Å². The van der Waals surface area contributed by atoms with Crippen molar-refractivity contribution in [2.24, 2.45) is 5.92 Å². The van der Waals surface area contributed by atoms with E-state index in [1.54, 1.807) is 4.90 Å². The summed E-state index contributed by atoms with van der Waals surface area (Å²) in [5.74, 6) is 0.782. The lowest BCUT2D eigenvalue weighted by Gasteiger charge is -2.22. The number of benzene rings is 1. The zero-order valence-corrected chi connectivity index (χ0v) is 13.8. The molecule has 0 saturated carbocycles. The Morgan fingerprint density at radius 2 is 2.17 bits per heavy atom. The molecule has 1 aliphatic rings. The van der Waals surface area contributed by atoms with Gasteiger partial charge in [0.2, 0.25) is 0 Å². The molecule has 1 atom stereocenters. The number of fused-ring (bicyclic) bond motifs is 1. The predicted octanol–water partition coefficient (Wildman–Crippen LogP) is 2.01. The van der Waals surface area contributed by atoms with E-state index in [0.29, 0.717) is 12.3 Å². The summed E-state index contributed by atoms with van der Waals surface area (Å²) in [7, 11) is -3.06. The maximum absolute atomic E-state index is 12.3. The molecule has 0 spiro atoms. The molecule has 1 N–H and O–H groups in total. The predicted molar refractivity (Wildman–Crippen MR) is 87.8 cm³/mol. The molecule has 1 aromatic heterocycles. The number of hydrogen-bond donors (Lipinski definition) is 1. The summed E-state index contributed by atoms with van der Waals surface area (Å²) >= 11 is 0. The van der Waals surface area contributed by atoms with Gasteiger partial charge in [-0.2, -0.15) is 0 Å². The first-order valence-electron chi connectivity index (χ1n) is 7.63. The third-order valence-corrected chi connectivity index (χ3v) is 5.80. The molecule has 1 aromatic carbocycles. The second kappa shape index (κ2) is 6.23. The molecule has 7 heteroatoms. The van der Waals surface area contributed by atoms with E-state index in [4.69, 9.17) is 4.42 Å². The van der Waals surface area contributed by atoms with Gasteiger partial charge in [-0.1, -0.05) is 25.1 Å². The van der Waals surface area contributed by atoms with E-state index >= 15 is 0 Å². The van der Waals surface area contributed by atoms with Crippen molar-refractivity contribution in [3.05, 3.63) is 36.1 Å². The second-order valence-corrected chi connectivity index (χ2v) is 8.30. The first-order chi connectivity index (χ1) is 10.9. The van der Waals surface area contributed by atoms with Crippen molar-refractivity contribution < 1.29 is 17.6 Å². The number of urea groups is 1. The zero-order chi connectivity index (χ0) is 16.4. The van der Waals surface area contributed by atoms with Crippen molar-refractivity contribution in [3.8, 4) is 0 Å². The lowest BCUT2D eigenvalue weighted by Crippen LogP contribution is -2.42. The van der Waals surface area contributed by atoms with Gasteiger partial charge in [-0.15, -0.1) is 0 Å². The molecule has 124 valence electrons. The summed E-state index contributed by atoms with van der Waals surface area (Å²) in [4.78, 5) is 13.8. The minimum absolute atomic E-state index is 0.0232. The van der Waals surface area contributed by atoms with Crippen LogP contribution in [0.5, 0.6) is 0 Å². The van der Waals surface area contributed by atoms with Crippen LogP contribution >= 0.6 is 0 Å². The average molecular weight is 336 g/mol. The number of furan rings is 1. The molecule has 1 aliphatic heterocycles. The molecular weight excluding hydrogens is 316 g/mol. The van der Waals surface area contributed by atoms with Gasteiger partial charge in [0, 0.05) is 18.5 Å². The highest BCUT2D eigenvalue weighted by molar-refractivity contribution is 7.91. The third kappa shape index (κ3) is 3.85. The lowest BCUT2D eigenvalue weighted by molar-refractivity contribution is 0.194. The number of carbonyl (C=O) groups is 1. The number of nitrogens with one attached hydrogen (secondary N) is 1. The smallest absolute Gasteiger partial charge is 0.317 e. The van der Waals surface area contributed by atoms with Crippen LogP contribution in [0.3, 0.4) is 0 Å². The molecule has 1 saturated heterocycles. The van der Waals surface area contributed by atoms with Crippen LogP contribution in [-0.4, -0.2) is 43.9 Å². The van der Waals surface area contributed by atoms with Crippen molar-refractivity contribution in [1.82, 2.24) is 10.2 Å². The third-order valence-electron chi connectivity index (χ3n) is 3.92. The van der Waals surface area contributed by atoms with E-state index in [9.17, 15) is 13.2 Å². The molecule has 2 amide bonds. The molecule has 2 aromatic rings. The van der Waals surface area contributed by atoms with E-state index in [2.05, 4.69) is 5.32 Å². The van der Waals surface area contributed by atoms with Crippen LogP contribution in [0.4, 0.5) is 4.79 Å². The summed E-state index contributed by atoms with van der Waals surface area (Å²) in [6.07, 6.45) is 0. The second-order valence-electron chi connectivity index (χ2n) is 6.07. The topological polar surface area (TPSA) is 79.6 Å². The molecule has 6 nitrogen and oxygen atoms in total. The molecule has 0 bridgehead atoms. The normalized spacial score (nSPS) is 21.1.